The quantitative estimate of drug-likeness (QED) is 0.849. The van der Waals surface area contributed by atoms with Crippen molar-refractivity contribution in [1.82, 2.24) is 4.57 Å². The van der Waals surface area contributed by atoms with Crippen LogP contribution in [0.5, 0.6) is 0 Å². The number of hydrogen-bond donors (Lipinski definition) is 0. The molecule has 4 nitrogen and oxygen atoms in total. The van der Waals surface area contributed by atoms with Gasteiger partial charge < -0.3 is 4.57 Å². The summed E-state index contributed by atoms with van der Waals surface area (Å²) < 4.78 is 56.2. The lowest BCUT2D eigenvalue weighted by Crippen LogP contribution is -2.30. The predicted octanol–water partition coefficient (Wildman–Crippen LogP) is 2.87. The summed E-state index contributed by atoms with van der Waals surface area (Å²) in [6, 6.07) is 2.28. The maximum atomic E-state index is 13.6. The van der Waals surface area contributed by atoms with E-state index in [2.05, 4.69) is 4.40 Å². The van der Waals surface area contributed by atoms with E-state index in [-0.39, 0.29) is 10.3 Å². The highest BCUT2D eigenvalue weighted by Gasteiger charge is 2.21. The molecule has 21 heavy (non-hydrogen) atoms. The molecule has 0 saturated heterocycles. The molecule has 0 fully saturated rings. The van der Waals surface area contributed by atoms with Gasteiger partial charge in [0.1, 0.15) is 16.5 Å². The highest BCUT2D eigenvalue weighted by molar-refractivity contribution is 7.90. The minimum atomic E-state index is -4.24. The van der Waals surface area contributed by atoms with Crippen LogP contribution in [0.4, 0.5) is 8.78 Å². The summed E-state index contributed by atoms with van der Waals surface area (Å²) in [5.74, 6) is -2.00. The molecule has 114 valence electrons. The Morgan fingerprint density at radius 3 is 2.48 bits per heavy atom. The number of sulfonamides is 1. The molecule has 1 aromatic heterocycles. The maximum Gasteiger partial charge on any atom is 0.287 e. The van der Waals surface area contributed by atoms with Gasteiger partial charge in [0, 0.05) is 23.2 Å². The Labute approximate surface area is 125 Å². The lowest BCUT2D eigenvalue weighted by Gasteiger charge is -2.20. The summed E-state index contributed by atoms with van der Waals surface area (Å²) in [6.45, 7) is 5.68. The Bertz CT molecular complexity index is 830. The molecule has 0 spiro atoms. The molecule has 0 aliphatic rings. The molecule has 1 heterocycles. The Kier molecular flexibility index (Phi) is 4.03. The molecule has 0 saturated carbocycles. The highest BCUT2D eigenvalue weighted by atomic mass is 32.2. The number of hydrogen-bond acceptors (Lipinski definition) is 3. The summed E-state index contributed by atoms with van der Waals surface area (Å²) in [5, 5.41) is 1.70. The first-order valence-electron chi connectivity index (χ1n) is 6.04. The van der Waals surface area contributed by atoms with Crippen molar-refractivity contribution in [2.24, 2.45) is 4.40 Å². The number of nitrogens with zero attached hydrogens (tertiary/aromatic N) is 2. The van der Waals surface area contributed by atoms with Gasteiger partial charge in [0.25, 0.3) is 10.0 Å². The summed E-state index contributed by atoms with van der Waals surface area (Å²) in [7, 11) is -4.24. The maximum absolute atomic E-state index is 13.6. The van der Waals surface area contributed by atoms with E-state index >= 15 is 0 Å². The molecule has 2 rings (SSSR count). The molecular weight excluding hydrogens is 318 g/mol. The molecule has 0 atom stereocenters. The fourth-order valence-corrected chi connectivity index (χ4v) is 3.84. The molecule has 0 unspecified atom stereocenters. The molecule has 2 aromatic rings. The van der Waals surface area contributed by atoms with Crippen LogP contribution in [0, 0.1) is 11.6 Å². The van der Waals surface area contributed by atoms with E-state index in [0.717, 1.165) is 23.5 Å². The molecule has 0 N–H and O–H groups in total. The van der Waals surface area contributed by atoms with Gasteiger partial charge in [0.05, 0.1) is 0 Å². The standard InChI is InChI=1S/C13H14F2N2O2S2/c1-13(2,3)17-6-7-20-12(17)16-21(18,19)11-5-4-9(14)8-10(11)15/h4-8H,1-3H3. The second-order valence-corrected chi connectivity index (χ2v) is 7.81. The predicted molar refractivity (Wildman–Crippen MR) is 76.4 cm³/mol. The van der Waals surface area contributed by atoms with E-state index in [9.17, 15) is 17.2 Å². The van der Waals surface area contributed by atoms with E-state index in [4.69, 9.17) is 0 Å². The number of benzene rings is 1. The first-order chi connectivity index (χ1) is 9.61. The van der Waals surface area contributed by atoms with Crippen LogP contribution in [0.15, 0.2) is 39.1 Å². The number of aromatic nitrogens is 1. The smallest absolute Gasteiger partial charge is 0.287 e. The largest absolute Gasteiger partial charge is 0.318 e. The summed E-state index contributed by atoms with van der Waals surface area (Å²) >= 11 is 1.13. The second kappa shape index (κ2) is 5.34. The van der Waals surface area contributed by atoms with Crippen LogP contribution in [0.2, 0.25) is 0 Å². The monoisotopic (exact) mass is 332 g/mol. The van der Waals surface area contributed by atoms with Crippen LogP contribution >= 0.6 is 11.3 Å². The van der Waals surface area contributed by atoms with Gasteiger partial charge >= 0.3 is 0 Å². The zero-order valence-corrected chi connectivity index (χ0v) is 13.3. The normalized spacial score (nSPS) is 13.7. The van der Waals surface area contributed by atoms with E-state index in [1.807, 2.05) is 20.8 Å². The third kappa shape index (κ3) is 3.38. The van der Waals surface area contributed by atoms with E-state index in [0.29, 0.717) is 6.07 Å². The lowest BCUT2D eigenvalue weighted by atomic mass is 10.1. The van der Waals surface area contributed by atoms with E-state index in [1.54, 1.807) is 16.1 Å². The van der Waals surface area contributed by atoms with Crippen molar-refractivity contribution in [1.29, 1.82) is 0 Å². The first-order valence-corrected chi connectivity index (χ1v) is 8.36. The van der Waals surface area contributed by atoms with E-state index < -0.39 is 26.6 Å². The summed E-state index contributed by atoms with van der Waals surface area (Å²) in [6.07, 6.45) is 1.71. The molecule has 8 heteroatoms. The summed E-state index contributed by atoms with van der Waals surface area (Å²) in [4.78, 5) is -0.413. The molecular formula is C13H14F2N2O2S2. The van der Waals surface area contributed by atoms with Crippen LogP contribution < -0.4 is 4.80 Å². The zero-order valence-electron chi connectivity index (χ0n) is 11.7. The number of thiazole rings is 1. The molecule has 0 radical (unpaired) electrons. The number of halogens is 2. The Balaban J connectivity index is 2.62. The Morgan fingerprint density at radius 1 is 1.24 bits per heavy atom. The van der Waals surface area contributed by atoms with Gasteiger partial charge in [0.2, 0.25) is 4.80 Å². The van der Waals surface area contributed by atoms with Gasteiger partial charge in [-0.1, -0.05) is 0 Å². The molecule has 0 amide bonds. The second-order valence-electron chi connectivity index (χ2n) is 5.37. The fraction of sp³-hybridized carbons (Fsp3) is 0.308. The Hall–Kier alpha value is -1.54. The number of rotatable bonds is 2. The van der Waals surface area contributed by atoms with Gasteiger partial charge in [-0.2, -0.15) is 8.42 Å². The van der Waals surface area contributed by atoms with Crippen molar-refractivity contribution >= 4 is 21.4 Å². The molecule has 1 aromatic carbocycles. The summed E-state index contributed by atoms with van der Waals surface area (Å²) in [5.41, 5.74) is -0.365. The van der Waals surface area contributed by atoms with Crippen LogP contribution in [-0.2, 0) is 15.6 Å². The van der Waals surface area contributed by atoms with Gasteiger partial charge in [0.15, 0.2) is 0 Å². The van der Waals surface area contributed by atoms with Crippen molar-refractivity contribution in [2.45, 2.75) is 31.2 Å². The van der Waals surface area contributed by atoms with Gasteiger partial charge in [-0.15, -0.1) is 15.7 Å². The first kappa shape index (κ1) is 15.8. The van der Waals surface area contributed by atoms with Gasteiger partial charge in [-0.05, 0) is 32.9 Å². The molecule has 0 bridgehead atoms. The van der Waals surface area contributed by atoms with Crippen LogP contribution in [-0.4, -0.2) is 13.0 Å². The minimum absolute atomic E-state index is 0.228. The molecule has 0 aliphatic heterocycles. The van der Waals surface area contributed by atoms with Gasteiger partial charge in [-0.3, -0.25) is 0 Å². The third-order valence-electron chi connectivity index (χ3n) is 2.68. The van der Waals surface area contributed by atoms with Crippen molar-refractivity contribution in [2.75, 3.05) is 0 Å². The third-order valence-corrected chi connectivity index (χ3v) is 4.85. The average Bonchev–Trinajstić information content (AvgIpc) is 2.75. The topological polar surface area (TPSA) is 51.4 Å². The highest BCUT2D eigenvalue weighted by Crippen LogP contribution is 2.18. The van der Waals surface area contributed by atoms with Crippen molar-refractivity contribution in [3.8, 4) is 0 Å². The van der Waals surface area contributed by atoms with Crippen molar-refractivity contribution in [3.63, 3.8) is 0 Å². The average molecular weight is 332 g/mol. The van der Waals surface area contributed by atoms with Crippen molar-refractivity contribution in [3.05, 3.63) is 46.2 Å². The Morgan fingerprint density at radius 2 is 1.90 bits per heavy atom. The minimum Gasteiger partial charge on any atom is -0.318 e. The SMILES string of the molecule is CC(C)(C)n1ccsc1=NS(=O)(=O)c1ccc(F)cc1F. The van der Waals surface area contributed by atoms with E-state index in [1.165, 1.54) is 0 Å². The zero-order chi connectivity index (χ0) is 15.8. The molecule has 0 aliphatic carbocycles. The van der Waals surface area contributed by atoms with Crippen LogP contribution in [0.1, 0.15) is 20.8 Å². The fourth-order valence-electron chi connectivity index (χ4n) is 1.69. The van der Waals surface area contributed by atoms with Crippen LogP contribution in [0.25, 0.3) is 0 Å². The van der Waals surface area contributed by atoms with Crippen LogP contribution in [0.3, 0.4) is 0 Å². The van der Waals surface area contributed by atoms with Gasteiger partial charge in [-0.25, -0.2) is 8.78 Å². The van der Waals surface area contributed by atoms with Crippen molar-refractivity contribution < 1.29 is 17.2 Å². The lowest BCUT2D eigenvalue weighted by molar-refractivity contribution is 0.388.